The topological polar surface area (TPSA) is 66.0 Å². The molecule has 0 amide bonds. The van der Waals surface area contributed by atoms with Gasteiger partial charge in [0.05, 0.1) is 5.56 Å². The summed E-state index contributed by atoms with van der Waals surface area (Å²) in [5.41, 5.74) is 2.68. The lowest BCUT2D eigenvalue weighted by atomic mass is 10.0. The van der Waals surface area contributed by atoms with Crippen molar-refractivity contribution in [1.82, 2.24) is 9.97 Å². The highest BCUT2D eigenvalue weighted by Gasteiger charge is 2.15. The minimum absolute atomic E-state index is 0.264. The molecule has 4 nitrogen and oxygen atoms in total. The first kappa shape index (κ1) is 10.5. The van der Waals surface area contributed by atoms with E-state index in [2.05, 4.69) is 9.97 Å². The second-order valence-electron chi connectivity index (χ2n) is 3.96. The summed E-state index contributed by atoms with van der Waals surface area (Å²) >= 11 is 0. The van der Waals surface area contributed by atoms with Crippen LogP contribution in [0.25, 0.3) is 22.2 Å². The van der Waals surface area contributed by atoms with Gasteiger partial charge in [-0.2, -0.15) is 0 Å². The van der Waals surface area contributed by atoms with Gasteiger partial charge < -0.3 is 10.1 Å². The molecule has 2 aromatic heterocycles. The van der Waals surface area contributed by atoms with E-state index in [1.165, 1.54) is 12.3 Å². The van der Waals surface area contributed by atoms with E-state index in [0.717, 1.165) is 11.1 Å². The lowest BCUT2D eigenvalue weighted by Crippen LogP contribution is -1.97. The molecule has 0 radical (unpaired) electrons. The fourth-order valence-corrected chi connectivity index (χ4v) is 2.08. The van der Waals surface area contributed by atoms with Gasteiger partial charge in [-0.05, 0) is 11.6 Å². The number of nitrogens with one attached hydrogen (secondary N) is 1. The van der Waals surface area contributed by atoms with E-state index in [4.69, 9.17) is 0 Å². The molecule has 2 heterocycles. The molecule has 0 unspecified atom stereocenters. The van der Waals surface area contributed by atoms with E-state index in [-0.39, 0.29) is 5.56 Å². The molecule has 2 N–H and O–H groups in total. The number of aromatic carboxylic acids is 1. The highest BCUT2D eigenvalue weighted by atomic mass is 16.4. The zero-order valence-electron chi connectivity index (χ0n) is 9.42. The maximum Gasteiger partial charge on any atom is 0.336 e. The van der Waals surface area contributed by atoms with E-state index >= 15 is 0 Å². The standard InChI is InChI=1S/C14H10N2O2/c17-14(18)10-6-7-15-13-12(10)11(8-16-13)9-4-2-1-3-5-9/h1-8H,(H,15,16)(H,17,18). The van der Waals surface area contributed by atoms with Crippen LogP contribution in [-0.2, 0) is 0 Å². The predicted octanol–water partition coefficient (Wildman–Crippen LogP) is 2.93. The number of fused-ring (bicyclic) bond motifs is 1. The SMILES string of the molecule is O=C(O)c1ccnc2[nH]cc(-c3ccccc3)c12. The summed E-state index contributed by atoms with van der Waals surface area (Å²) in [6.07, 6.45) is 3.29. The monoisotopic (exact) mass is 238 g/mol. The summed E-state index contributed by atoms with van der Waals surface area (Å²) in [7, 11) is 0. The van der Waals surface area contributed by atoms with Gasteiger partial charge >= 0.3 is 5.97 Å². The maximum atomic E-state index is 11.3. The quantitative estimate of drug-likeness (QED) is 0.721. The molecule has 3 aromatic rings. The van der Waals surface area contributed by atoms with Crippen LogP contribution in [0.1, 0.15) is 10.4 Å². The van der Waals surface area contributed by atoms with Crippen molar-refractivity contribution < 1.29 is 9.90 Å². The molecule has 1 aromatic carbocycles. The molecule has 0 spiro atoms. The molecule has 88 valence electrons. The van der Waals surface area contributed by atoms with Crippen molar-refractivity contribution in [2.75, 3.05) is 0 Å². The van der Waals surface area contributed by atoms with Crippen LogP contribution in [0, 0.1) is 0 Å². The Morgan fingerprint density at radius 1 is 1.17 bits per heavy atom. The molecule has 18 heavy (non-hydrogen) atoms. The minimum atomic E-state index is -0.945. The maximum absolute atomic E-state index is 11.3. The van der Waals surface area contributed by atoms with Crippen molar-refractivity contribution in [3.05, 3.63) is 54.4 Å². The smallest absolute Gasteiger partial charge is 0.336 e. The Labute approximate surface area is 103 Å². The number of carboxylic acid groups (broad SMARTS) is 1. The van der Waals surface area contributed by atoms with Gasteiger partial charge in [0.2, 0.25) is 0 Å². The molecule has 0 bridgehead atoms. The molecular weight excluding hydrogens is 228 g/mol. The average molecular weight is 238 g/mol. The fraction of sp³-hybridized carbons (Fsp3) is 0. The van der Waals surface area contributed by atoms with E-state index in [1.54, 1.807) is 6.20 Å². The molecule has 0 saturated heterocycles. The van der Waals surface area contributed by atoms with Crippen molar-refractivity contribution in [1.29, 1.82) is 0 Å². The normalized spacial score (nSPS) is 10.7. The summed E-state index contributed by atoms with van der Waals surface area (Å²) < 4.78 is 0. The molecule has 0 aliphatic carbocycles. The summed E-state index contributed by atoms with van der Waals surface area (Å²) in [6, 6.07) is 11.2. The summed E-state index contributed by atoms with van der Waals surface area (Å²) in [5, 5.41) is 9.88. The Kier molecular flexibility index (Phi) is 2.34. The highest BCUT2D eigenvalue weighted by molar-refractivity contribution is 6.08. The molecule has 3 rings (SSSR count). The lowest BCUT2D eigenvalue weighted by molar-refractivity contribution is 0.0699. The molecule has 0 aliphatic heterocycles. The number of pyridine rings is 1. The van der Waals surface area contributed by atoms with E-state index in [1.807, 2.05) is 30.3 Å². The third-order valence-corrected chi connectivity index (χ3v) is 2.89. The van der Waals surface area contributed by atoms with Crippen molar-refractivity contribution in [2.45, 2.75) is 0 Å². The Hall–Kier alpha value is -2.62. The number of aromatic amines is 1. The Bertz CT molecular complexity index is 717. The summed E-state index contributed by atoms with van der Waals surface area (Å²) in [5.74, 6) is -0.945. The van der Waals surface area contributed by atoms with E-state index < -0.39 is 5.97 Å². The third-order valence-electron chi connectivity index (χ3n) is 2.89. The number of carbonyl (C=O) groups is 1. The number of hydrogen-bond donors (Lipinski definition) is 2. The van der Waals surface area contributed by atoms with Gasteiger partial charge in [-0.25, -0.2) is 9.78 Å². The van der Waals surface area contributed by atoms with Crippen LogP contribution in [0.3, 0.4) is 0 Å². The van der Waals surface area contributed by atoms with Crippen molar-refractivity contribution >= 4 is 17.0 Å². The van der Waals surface area contributed by atoms with Crippen LogP contribution in [0.2, 0.25) is 0 Å². The van der Waals surface area contributed by atoms with Gasteiger partial charge in [-0.1, -0.05) is 30.3 Å². The number of hydrogen-bond acceptors (Lipinski definition) is 2. The molecule has 0 saturated carbocycles. The Morgan fingerprint density at radius 3 is 2.67 bits per heavy atom. The second kappa shape index (κ2) is 4.00. The first-order valence-electron chi connectivity index (χ1n) is 5.52. The van der Waals surface area contributed by atoms with Gasteiger partial charge in [0.1, 0.15) is 5.65 Å². The van der Waals surface area contributed by atoms with Gasteiger partial charge in [0.15, 0.2) is 0 Å². The lowest BCUT2D eigenvalue weighted by Gasteiger charge is -2.01. The molecule has 0 aliphatic rings. The van der Waals surface area contributed by atoms with E-state index in [0.29, 0.717) is 11.0 Å². The largest absolute Gasteiger partial charge is 0.478 e. The molecule has 4 heteroatoms. The van der Waals surface area contributed by atoms with Crippen LogP contribution in [-0.4, -0.2) is 21.0 Å². The Balaban J connectivity index is 2.35. The van der Waals surface area contributed by atoms with Crippen LogP contribution < -0.4 is 0 Å². The average Bonchev–Trinajstić information content (AvgIpc) is 2.83. The van der Waals surface area contributed by atoms with Crippen LogP contribution in [0.4, 0.5) is 0 Å². The summed E-state index contributed by atoms with van der Waals surface area (Å²) in [6.45, 7) is 0. The number of H-pyrrole nitrogens is 1. The minimum Gasteiger partial charge on any atom is -0.478 e. The highest BCUT2D eigenvalue weighted by Crippen LogP contribution is 2.29. The molecule has 0 atom stereocenters. The zero-order valence-corrected chi connectivity index (χ0v) is 9.42. The zero-order chi connectivity index (χ0) is 12.5. The second-order valence-corrected chi connectivity index (χ2v) is 3.96. The van der Waals surface area contributed by atoms with Crippen LogP contribution in [0.15, 0.2) is 48.8 Å². The first-order chi connectivity index (χ1) is 8.77. The number of carboxylic acids is 1. The molecular formula is C14H10N2O2. The van der Waals surface area contributed by atoms with Gasteiger partial charge in [-0.3, -0.25) is 0 Å². The van der Waals surface area contributed by atoms with E-state index in [9.17, 15) is 9.90 Å². The number of benzene rings is 1. The van der Waals surface area contributed by atoms with Gasteiger partial charge in [-0.15, -0.1) is 0 Å². The predicted molar refractivity (Wildman–Crippen MR) is 68.5 cm³/mol. The molecule has 0 fully saturated rings. The number of nitrogens with zero attached hydrogens (tertiary/aromatic N) is 1. The Morgan fingerprint density at radius 2 is 1.94 bits per heavy atom. The van der Waals surface area contributed by atoms with Crippen molar-refractivity contribution in [2.24, 2.45) is 0 Å². The number of aromatic nitrogens is 2. The van der Waals surface area contributed by atoms with Crippen LogP contribution >= 0.6 is 0 Å². The van der Waals surface area contributed by atoms with Gasteiger partial charge in [0.25, 0.3) is 0 Å². The number of rotatable bonds is 2. The third kappa shape index (κ3) is 1.55. The van der Waals surface area contributed by atoms with Gasteiger partial charge in [0, 0.05) is 23.3 Å². The fourth-order valence-electron chi connectivity index (χ4n) is 2.08. The van der Waals surface area contributed by atoms with Crippen LogP contribution in [0.5, 0.6) is 0 Å². The summed E-state index contributed by atoms with van der Waals surface area (Å²) in [4.78, 5) is 18.4. The first-order valence-corrected chi connectivity index (χ1v) is 5.52. The van der Waals surface area contributed by atoms with Crippen molar-refractivity contribution in [3.8, 4) is 11.1 Å². The van der Waals surface area contributed by atoms with Crippen molar-refractivity contribution in [3.63, 3.8) is 0 Å².